The molecule has 0 aliphatic carbocycles. The first kappa shape index (κ1) is 30.9. The zero-order valence-electron chi connectivity index (χ0n) is 23.4. The maximum Gasteiger partial charge on any atom is 0.434 e. The van der Waals surface area contributed by atoms with Gasteiger partial charge in [0, 0.05) is 25.5 Å². The smallest absolute Gasteiger partial charge is 0.434 e. The summed E-state index contributed by atoms with van der Waals surface area (Å²) in [4.78, 5) is 39.1. The summed E-state index contributed by atoms with van der Waals surface area (Å²) in [5, 5.41) is 2.77. The predicted molar refractivity (Wildman–Crippen MR) is 146 cm³/mol. The molecule has 1 aliphatic rings. The third-order valence-corrected chi connectivity index (χ3v) is 8.51. The molecule has 0 saturated carbocycles. The molecule has 1 amide bonds. The Morgan fingerprint density at radius 2 is 1.81 bits per heavy atom. The van der Waals surface area contributed by atoms with Crippen molar-refractivity contribution in [1.82, 2.24) is 20.3 Å². The molecule has 1 atom stereocenters. The Labute approximate surface area is 241 Å². The molecular formula is C28H30F3N5O5S. The van der Waals surface area contributed by atoms with Crippen LogP contribution >= 0.6 is 0 Å². The van der Waals surface area contributed by atoms with Crippen LogP contribution in [-0.2, 0) is 33.8 Å². The van der Waals surface area contributed by atoms with E-state index in [0.717, 1.165) is 6.20 Å². The highest BCUT2D eigenvalue weighted by Crippen LogP contribution is 2.41. The van der Waals surface area contributed by atoms with Crippen LogP contribution in [0.2, 0.25) is 0 Å². The summed E-state index contributed by atoms with van der Waals surface area (Å²) in [5.74, 6) is -1.95. The maximum atomic E-state index is 13.9. The summed E-state index contributed by atoms with van der Waals surface area (Å²) in [5.41, 5.74) is -0.00863. The number of pyridine rings is 1. The monoisotopic (exact) mass is 605 g/mol. The number of benzene rings is 1. The molecule has 2 aromatic heterocycles. The van der Waals surface area contributed by atoms with E-state index in [9.17, 15) is 31.2 Å². The Balaban J connectivity index is 1.56. The van der Waals surface area contributed by atoms with Crippen molar-refractivity contribution in [3.05, 3.63) is 76.4 Å². The fourth-order valence-electron chi connectivity index (χ4n) is 4.69. The van der Waals surface area contributed by atoms with Crippen LogP contribution in [0, 0.1) is 5.92 Å². The molecule has 14 heteroatoms. The van der Waals surface area contributed by atoms with Crippen molar-refractivity contribution in [2.45, 2.75) is 57.9 Å². The highest BCUT2D eigenvalue weighted by molar-refractivity contribution is 7.91. The second kappa shape index (κ2) is 12.0. The number of carbonyl (C=O) groups is 2. The second-order valence-electron chi connectivity index (χ2n) is 9.97. The van der Waals surface area contributed by atoms with Crippen molar-refractivity contribution in [1.29, 1.82) is 0 Å². The molecule has 0 bridgehead atoms. The molecule has 1 aromatic carbocycles. The average molecular weight is 606 g/mol. The normalized spacial score (nSPS) is 15.0. The third-order valence-electron chi connectivity index (χ3n) is 6.76. The molecule has 3 aromatic rings. The number of ether oxygens (including phenoxy) is 1. The zero-order chi connectivity index (χ0) is 30.8. The Bertz CT molecular complexity index is 1590. The van der Waals surface area contributed by atoms with Crippen molar-refractivity contribution in [3.8, 4) is 0 Å². The van der Waals surface area contributed by atoms with Crippen LogP contribution < -0.4 is 10.2 Å². The lowest BCUT2D eigenvalue weighted by Crippen LogP contribution is -2.29. The highest BCUT2D eigenvalue weighted by atomic mass is 32.2. The highest BCUT2D eigenvalue weighted by Gasteiger charge is 2.41. The summed E-state index contributed by atoms with van der Waals surface area (Å²) in [6.07, 6.45) is -2.70. The summed E-state index contributed by atoms with van der Waals surface area (Å²) in [6.45, 7) is 6.93. The van der Waals surface area contributed by atoms with Crippen LogP contribution in [0.4, 0.5) is 19.1 Å². The number of hydrogen-bond donors (Lipinski definition) is 1. The molecule has 0 spiro atoms. The topological polar surface area (TPSA) is 131 Å². The van der Waals surface area contributed by atoms with Crippen molar-refractivity contribution < 1.29 is 35.9 Å². The van der Waals surface area contributed by atoms with Gasteiger partial charge in [-0.3, -0.25) is 9.78 Å². The Morgan fingerprint density at radius 1 is 1.12 bits per heavy atom. The van der Waals surface area contributed by atoms with Crippen LogP contribution in [-0.4, -0.2) is 47.6 Å². The lowest BCUT2D eigenvalue weighted by atomic mass is 9.99. The largest absolute Gasteiger partial charge is 0.462 e. The lowest BCUT2D eigenvalue weighted by molar-refractivity contribution is -0.141. The van der Waals surface area contributed by atoms with Crippen molar-refractivity contribution in [2.24, 2.45) is 5.92 Å². The molecule has 1 aliphatic heterocycles. The molecule has 0 fully saturated rings. The van der Waals surface area contributed by atoms with Gasteiger partial charge in [-0.1, -0.05) is 32.9 Å². The van der Waals surface area contributed by atoms with Crippen molar-refractivity contribution >= 4 is 27.7 Å². The SMILES string of the molecule is CCOC(=O)c1cnc(N2Cc3cc(C(=O)NCc4ccc(S(=O)(=O)CC)cc4)cnc3C2C(C)C)nc1C(F)(F)F. The van der Waals surface area contributed by atoms with E-state index in [4.69, 9.17) is 4.74 Å². The standard InChI is InChI=1S/C28H30F3N5O5S/c1-5-41-26(38)21-14-34-27(35-24(21)28(29,30)31)36-15-19-11-18(13-32-22(19)23(36)16(3)4)25(37)33-12-17-7-9-20(10-8-17)42(39,40)6-2/h7-11,13-14,16,23H,5-6,12,15H2,1-4H3,(H,33,37). The number of esters is 1. The number of carbonyl (C=O) groups excluding carboxylic acids is 2. The van der Waals surface area contributed by atoms with Gasteiger partial charge in [0.05, 0.1) is 34.6 Å². The number of halogens is 3. The van der Waals surface area contributed by atoms with Crippen LogP contribution in [0.25, 0.3) is 0 Å². The number of anilines is 1. The molecule has 1 N–H and O–H groups in total. The molecule has 224 valence electrons. The number of nitrogens with one attached hydrogen (secondary N) is 1. The number of amides is 1. The maximum absolute atomic E-state index is 13.9. The van der Waals surface area contributed by atoms with Crippen molar-refractivity contribution in [3.63, 3.8) is 0 Å². The second-order valence-corrected chi connectivity index (χ2v) is 12.2. The van der Waals surface area contributed by atoms with E-state index in [1.165, 1.54) is 25.3 Å². The van der Waals surface area contributed by atoms with E-state index in [1.807, 2.05) is 13.8 Å². The van der Waals surface area contributed by atoms with Crippen LogP contribution in [0.5, 0.6) is 0 Å². The van der Waals surface area contributed by atoms with Gasteiger partial charge in [0.1, 0.15) is 5.56 Å². The first-order valence-electron chi connectivity index (χ1n) is 13.2. The van der Waals surface area contributed by atoms with E-state index in [0.29, 0.717) is 16.8 Å². The van der Waals surface area contributed by atoms with Gasteiger partial charge in [0.2, 0.25) is 5.95 Å². The number of aromatic nitrogens is 3. The Hall–Kier alpha value is -4.07. The minimum Gasteiger partial charge on any atom is -0.462 e. The molecular weight excluding hydrogens is 575 g/mol. The van der Waals surface area contributed by atoms with E-state index < -0.39 is 45.2 Å². The van der Waals surface area contributed by atoms with Gasteiger partial charge < -0.3 is 15.0 Å². The molecule has 42 heavy (non-hydrogen) atoms. The quantitative estimate of drug-likeness (QED) is 0.350. The van der Waals surface area contributed by atoms with Gasteiger partial charge in [-0.05, 0) is 42.2 Å². The third kappa shape index (κ3) is 6.37. The van der Waals surface area contributed by atoms with Gasteiger partial charge in [-0.25, -0.2) is 23.2 Å². The van der Waals surface area contributed by atoms with Crippen molar-refractivity contribution in [2.75, 3.05) is 17.3 Å². The summed E-state index contributed by atoms with van der Waals surface area (Å²) in [6, 6.07) is 7.37. The molecule has 0 radical (unpaired) electrons. The first-order valence-corrected chi connectivity index (χ1v) is 14.9. The lowest BCUT2D eigenvalue weighted by Gasteiger charge is -2.28. The fraction of sp³-hybridized carbons (Fsp3) is 0.393. The van der Waals surface area contributed by atoms with Gasteiger partial charge in [-0.15, -0.1) is 0 Å². The van der Waals surface area contributed by atoms with E-state index >= 15 is 0 Å². The number of nitrogens with zero attached hydrogens (tertiary/aromatic N) is 4. The summed E-state index contributed by atoms with van der Waals surface area (Å²) >= 11 is 0. The van der Waals surface area contributed by atoms with Gasteiger partial charge >= 0.3 is 12.1 Å². The zero-order valence-corrected chi connectivity index (χ0v) is 24.2. The van der Waals surface area contributed by atoms with E-state index in [1.54, 1.807) is 30.0 Å². The van der Waals surface area contributed by atoms with E-state index in [2.05, 4.69) is 20.3 Å². The number of alkyl halides is 3. The average Bonchev–Trinajstić information content (AvgIpc) is 3.34. The minimum absolute atomic E-state index is 0.0158. The van der Waals surface area contributed by atoms with Gasteiger partial charge in [0.15, 0.2) is 15.5 Å². The minimum atomic E-state index is -4.92. The van der Waals surface area contributed by atoms with E-state index in [-0.39, 0.29) is 47.8 Å². The predicted octanol–water partition coefficient (Wildman–Crippen LogP) is 4.51. The van der Waals surface area contributed by atoms with Gasteiger partial charge in [-0.2, -0.15) is 13.2 Å². The molecule has 1 unspecified atom stereocenters. The number of fused-ring (bicyclic) bond motifs is 1. The van der Waals surface area contributed by atoms with Crippen LogP contribution in [0.3, 0.4) is 0 Å². The van der Waals surface area contributed by atoms with Crippen LogP contribution in [0.15, 0.2) is 47.6 Å². The molecule has 3 heterocycles. The number of hydrogen-bond acceptors (Lipinski definition) is 9. The Kier molecular flexibility index (Phi) is 8.85. The fourth-order valence-corrected chi connectivity index (χ4v) is 5.57. The van der Waals surface area contributed by atoms with Crippen LogP contribution in [0.1, 0.15) is 77.0 Å². The molecule has 10 nitrogen and oxygen atoms in total. The summed E-state index contributed by atoms with van der Waals surface area (Å²) in [7, 11) is -3.33. The first-order chi connectivity index (χ1) is 19.8. The Morgan fingerprint density at radius 3 is 2.40 bits per heavy atom. The molecule has 4 rings (SSSR count). The summed E-state index contributed by atoms with van der Waals surface area (Å²) < 4.78 is 70.3. The van der Waals surface area contributed by atoms with Gasteiger partial charge in [0.25, 0.3) is 5.91 Å². The number of sulfone groups is 1. The number of rotatable bonds is 9. The molecule has 0 saturated heterocycles.